The molecule has 0 aromatic heterocycles. The van der Waals surface area contributed by atoms with Gasteiger partial charge in [0.1, 0.15) is 11.6 Å². The summed E-state index contributed by atoms with van der Waals surface area (Å²) in [5, 5.41) is 19.4. The minimum atomic E-state index is -0.708. The van der Waals surface area contributed by atoms with Crippen molar-refractivity contribution in [3.63, 3.8) is 0 Å². The number of anilines is 2. The lowest BCUT2D eigenvalue weighted by Crippen LogP contribution is -2.35. The van der Waals surface area contributed by atoms with Crippen LogP contribution in [0.2, 0.25) is 0 Å². The smallest absolute Gasteiger partial charge is 0.265 e. The summed E-state index contributed by atoms with van der Waals surface area (Å²) < 4.78 is 5.89. The molecule has 8 nitrogen and oxygen atoms in total. The van der Waals surface area contributed by atoms with Gasteiger partial charge in [-0.3, -0.25) is 25.7 Å². The van der Waals surface area contributed by atoms with E-state index >= 15 is 0 Å². The Bertz CT molecular complexity index is 929. The summed E-state index contributed by atoms with van der Waals surface area (Å²) in [4.78, 5) is 26.7. The van der Waals surface area contributed by atoms with Crippen molar-refractivity contribution in [1.29, 1.82) is 5.41 Å². The van der Waals surface area contributed by atoms with Crippen molar-refractivity contribution in [2.45, 2.75) is 45.1 Å². The standard InChI is InChI=1S/C23H28N4O4/c1-2-6-20(31-19-8-5-7-16(15-19)22(24)26-30)23(29)25-17-10-12-18(13-11-17)27-14-4-3-9-21(27)28/h5,7-8,10-13,15,20,30H,2-4,6,9,14H2,1H3,(H2,24,26)(H,25,29)/t20-/m1/s1. The predicted molar refractivity (Wildman–Crippen MR) is 119 cm³/mol. The van der Waals surface area contributed by atoms with Crippen LogP contribution in [0.3, 0.4) is 0 Å². The Morgan fingerprint density at radius 1 is 1.23 bits per heavy atom. The summed E-state index contributed by atoms with van der Waals surface area (Å²) in [7, 11) is 0. The van der Waals surface area contributed by atoms with Gasteiger partial charge in [0.15, 0.2) is 6.10 Å². The Kier molecular flexibility index (Phi) is 7.61. The van der Waals surface area contributed by atoms with E-state index in [-0.39, 0.29) is 17.6 Å². The molecule has 8 heteroatoms. The number of hydrogen-bond acceptors (Lipinski definition) is 5. The maximum atomic E-state index is 12.8. The van der Waals surface area contributed by atoms with E-state index in [0.717, 1.165) is 31.5 Å². The Hall–Kier alpha value is -3.39. The third-order valence-electron chi connectivity index (χ3n) is 5.13. The second-order valence-corrected chi connectivity index (χ2v) is 7.45. The number of hydrogen-bond donors (Lipinski definition) is 4. The van der Waals surface area contributed by atoms with E-state index in [2.05, 4.69) is 5.32 Å². The average molecular weight is 425 g/mol. The molecule has 4 N–H and O–H groups in total. The van der Waals surface area contributed by atoms with Gasteiger partial charge in [-0.1, -0.05) is 25.5 Å². The van der Waals surface area contributed by atoms with E-state index < -0.39 is 6.10 Å². The Morgan fingerprint density at radius 3 is 2.68 bits per heavy atom. The number of amidine groups is 1. The second-order valence-electron chi connectivity index (χ2n) is 7.45. The number of amides is 2. The van der Waals surface area contributed by atoms with Crippen molar-refractivity contribution in [2.24, 2.45) is 0 Å². The highest BCUT2D eigenvalue weighted by molar-refractivity contribution is 5.97. The number of carbonyl (C=O) groups is 2. The third-order valence-corrected chi connectivity index (χ3v) is 5.13. The van der Waals surface area contributed by atoms with Crippen LogP contribution in [0.1, 0.15) is 44.6 Å². The minimum Gasteiger partial charge on any atom is -0.481 e. The number of carbonyl (C=O) groups excluding carboxylic acids is 2. The molecule has 1 atom stereocenters. The molecule has 1 fully saturated rings. The average Bonchev–Trinajstić information content (AvgIpc) is 2.79. The highest BCUT2D eigenvalue weighted by Crippen LogP contribution is 2.23. The van der Waals surface area contributed by atoms with E-state index in [0.29, 0.717) is 29.8 Å². The molecule has 1 aliphatic rings. The van der Waals surface area contributed by atoms with Gasteiger partial charge in [-0.25, -0.2) is 0 Å². The molecule has 1 heterocycles. The first-order valence-corrected chi connectivity index (χ1v) is 10.5. The number of benzene rings is 2. The fourth-order valence-electron chi connectivity index (χ4n) is 3.49. The molecule has 0 bridgehead atoms. The van der Waals surface area contributed by atoms with Crippen LogP contribution in [0.4, 0.5) is 11.4 Å². The number of rotatable bonds is 8. The highest BCUT2D eigenvalue weighted by Gasteiger charge is 2.22. The van der Waals surface area contributed by atoms with Crippen molar-refractivity contribution in [3.05, 3.63) is 54.1 Å². The van der Waals surface area contributed by atoms with Crippen LogP contribution in [-0.4, -0.2) is 35.5 Å². The largest absolute Gasteiger partial charge is 0.481 e. The Morgan fingerprint density at radius 2 is 2.00 bits per heavy atom. The number of hydroxylamine groups is 1. The van der Waals surface area contributed by atoms with Gasteiger partial charge in [0.05, 0.1) is 0 Å². The summed E-state index contributed by atoms with van der Waals surface area (Å²) >= 11 is 0. The van der Waals surface area contributed by atoms with Crippen LogP contribution in [0.5, 0.6) is 5.75 Å². The molecule has 164 valence electrons. The number of ether oxygens (including phenoxy) is 1. The van der Waals surface area contributed by atoms with Gasteiger partial charge < -0.3 is 15.0 Å². The zero-order valence-electron chi connectivity index (χ0n) is 17.6. The van der Waals surface area contributed by atoms with E-state index in [4.69, 9.17) is 15.4 Å². The van der Waals surface area contributed by atoms with E-state index in [1.807, 2.05) is 19.1 Å². The van der Waals surface area contributed by atoms with Crippen LogP contribution in [0, 0.1) is 5.41 Å². The van der Waals surface area contributed by atoms with Gasteiger partial charge in [0.2, 0.25) is 5.91 Å². The monoisotopic (exact) mass is 424 g/mol. The molecule has 0 aliphatic carbocycles. The van der Waals surface area contributed by atoms with Crippen LogP contribution in [0.15, 0.2) is 48.5 Å². The van der Waals surface area contributed by atoms with E-state index in [1.54, 1.807) is 46.8 Å². The maximum absolute atomic E-state index is 12.8. The first-order chi connectivity index (χ1) is 15.0. The zero-order valence-corrected chi connectivity index (χ0v) is 17.6. The third kappa shape index (κ3) is 5.82. The van der Waals surface area contributed by atoms with Crippen molar-refractivity contribution < 1.29 is 19.5 Å². The molecule has 0 saturated carbocycles. The lowest BCUT2D eigenvalue weighted by molar-refractivity contribution is -0.123. The molecular formula is C23H28N4O4. The predicted octanol–water partition coefficient (Wildman–Crippen LogP) is 3.69. The number of nitrogens with zero attached hydrogens (tertiary/aromatic N) is 1. The topological polar surface area (TPSA) is 115 Å². The van der Waals surface area contributed by atoms with Gasteiger partial charge in [0, 0.05) is 29.9 Å². The van der Waals surface area contributed by atoms with E-state index in [9.17, 15) is 9.59 Å². The highest BCUT2D eigenvalue weighted by atomic mass is 16.5. The van der Waals surface area contributed by atoms with Gasteiger partial charge in [-0.05, 0) is 55.7 Å². The minimum absolute atomic E-state index is 0.131. The summed E-state index contributed by atoms with van der Waals surface area (Å²) in [5.41, 5.74) is 3.70. The lowest BCUT2D eigenvalue weighted by atomic mass is 10.1. The summed E-state index contributed by atoms with van der Waals surface area (Å²) in [5.74, 6) is 0.134. The molecule has 1 aliphatic heterocycles. The normalized spacial score (nSPS) is 14.6. The van der Waals surface area contributed by atoms with Gasteiger partial charge in [0.25, 0.3) is 5.91 Å². The maximum Gasteiger partial charge on any atom is 0.265 e. The van der Waals surface area contributed by atoms with Crippen LogP contribution in [0.25, 0.3) is 0 Å². The molecule has 0 unspecified atom stereocenters. The molecule has 2 amide bonds. The van der Waals surface area contributed by atoms with Crippen molar-refractivity contribution >= 4 is 29.0 Å². The summed E-state index contributed by atoms with van der Waals surface area (Å²) in [6.07, 6.45) is 3.06. The zero-order chi connectivity index (χ0) is 22.2. The van der Waals surface area contributed by atoms with Gasteiger partial charge >= 0.3 is 0 Å². The van der Waals surface area contributed by atoms with Crippen LogP contribution < -0.4 is 20.4 Å². The van der Waals surface area contributed by atoms with Crippen molar-refractivity contribution in [1.82, 2.24) is 5.48 Å². The fraction of sp³-hybridized carbons (Fsp3) is 0.348. The SMILES string of the molecule is CCC[C@@H](Oc1cccc(C(=N)NO)c1)C(=O)Nc1ccc(N2CCCCC2=O)cc1. The molecule has 1 saturated heterocycles. The molecule has 31 heavy (non-hydrogen) atoms. The Balaban J connectivity index is 1.66. The van der Waals surface area contributed by atoms with Gasteiger partial charge in [-0.2, -0.15) is 0 Å². The number of piperidine rings is 1. The Labute approximate surface area is 181 Å². The molecular weight excluding hydrogens is 396 g/mol. The molecule has 2 aromatic carbocycles. The number of nitrogens with one attached hydrogen (secondary N) is 3. The molecule has 3 rings (SSSR count). The van der Waals surface area contributed by atoms with Crippen molar-refractivity contribution in [2.75, 3.05) is 16.8 Å². The second kappa shape index (κ2) is 10.6. The van der Waals surface area contributed by atoms with Crippen LogP contribution >= 0.6 is 0 Å². The quantitative estimate of drug-likeness (QED) is 0.293. The first kappa shape index (κ1) is 22.3. The molecule has 0 radical (unpaired) electrons. The fourth-order valence-corrected chi connectivity index (χ4v) is 3.49. The molecule has 0 spiro atoms. The van der Waals surface area contributed by atoms with Crippen molar-refractivity contribution in [3.8, 4) is 5.75 Å². The summed E-state index contributed by atoms with van der Waals surface area (Å²) in [6.45, 7) is 2.69. The lowest BCUT2D eigenvalue weighted by Gasteiger charge is -2.27. The molecule has 2 aromatic rings. The summed E-state index contributed by atoms with van der Waals surface area (Å²) in [6, 6.07) is 13.9. The first-order valence-electron chi connectivity index (χ1n) is 10.5. The van der Waals surface area contributed by atoms with E-state index in [1.165, 1.54) is 0 Å². The van der Waals surface area contributed by atoms with Gasteiger partial charge in [-0.15, -0.1) is 0 Å². The van der Waals surface area contributed by atoms with Crippen LogP contribution in [-0.2, 0) is 9.59 Å².